The summed E-state index contributed by atoms with van der Waals surface area (Å²) in [4.78, 5) is 33.9. The molecule has 0 aliphatic rings. The topological polar surface area (TPSA) is 81.7 Å². The molecule has 1 atom stereocenters. The van der Waals surface area contributed by atoms with Gasteiger partial charge in [-0.2, -0.15) is 0 Å². The molecule has 0 bridgehead atoms. The maximum atomic E-state index is 11.6. The van der Waals surface area contributed by atoms with E-state index in [0.29, 0.717) is 0 Å². The van der Waals surface area contributed by atoms with E-state index in [4.69, 9.17) is 4.74 Å². The second-order valence-electron chi connectivity index (χ2n) is 4.31. The minimum atomic E-state index is -1.10. The van der Waals surface area contributed by atoms with Crippen molar-refractivity contribution in [2.45, 2.75) is 20.0 Å². The summed E-state index contributed by atoms with van der Waals surface area (Å²) in [6.45, 7) is 3.30. The first-order valence-electron chi connectivity index (χ1n) is 6.26. The highest BCUT2D eigenvalue weighted by molar-refractivity contribution is 5.96. The predicted molar refractivity (Wildman–Crippen MR) is 76.3 cm³/mol. The van der Waals surface area contributed by atoms with Crippen LogP contribution in [0.3, 0.4) is 0 Å². The normalized spacial score (nSPS) is 11.8. The van der Waals surface area contributed by atoms with E-state index in [9.17, 15) is 14.4 Å². The summed E-state index contributed by atoms with van der Waals surface area (Å²) in [6.07, 6.45) is 0.800. The standard InChI is InChI=1S/C15H17NO5/c1-10-5-4-6-12(9-10)7-8-13(17)21-11(2)14(18)16-15(19)20-3/h4-9,11H,1-3H3,(H,16,18,19)/b8-7+/t11-/m0/s1. The number of carbonyl (C=O) groups excluding carboxylic acids is 3. The number of aryl methyl sites for hydroxylation is 1. The molecule has 0 aliphatic carbocycles. The zero-order chi connectivity index (χ0) is 15.8. The third-order valence-corrected chi connectivity index (χ3v) is 2.53. The summed E-state index contributed by atoms with van der Waals surface area (Å²) < 4.78 is 9.13. The number of methoxy groups -OCH3 is 1. The van der Waals surface area contributed by atoms with E-state index in [-0.39, 0.29) is 0 Å². The summed E-state index contributed by atoms with van der Waals surface area (Å²) in [6, 6.07) is 7.54. The Morgan fingerprint density at radius 2 is 2.00 bits per heavy atom. The third-order valence-electron chi connectivity index (χ3n) is 2.53. The number of amides is 2. The van der Waals surface area contributed by atoms with E-state index < -0.39 is 24.1 Å². The Labute approximate surface area is 122 Å². The van der Waals surface area contributed by atoms with Gasteiger partial charge >= 0.3 is 12.1 Å². The fourth-order valence-electron chi connectivity index (χ4n) is 1.46. The zero-order valence-electron chi connectivity index (χ0n) is 12.1. The number of nitrogens with one attached hydrogen (secondary N) is 1. The number of rotatable bonds is 4. The lowest BCUT2D eigenvalue weighted by atomic mass is 10.1. The quantitative estimate of drug-likeness (QED) is 0.676. The van der Waals surface area contributed by atoms with E-state index in [0.717, 1.165) is 18.2 Å². The van der Waals surface area contributed by atoms with Crippen LogP contribution in [0.5, 0.6) is 0 Å². The number of ether oxygens (including phenoxy) is 2. The molecule has 6 heteroatoms. The zero-order valence-corrected chi connectivity index (χ0v) is 12.1. The lowest BCUT2D eigenvalue weighted by Gasteiger charge is -2.10. The molecule has 0 spiro atoms. The highest BCUT2D eigenvalue weighted by atomic mass is 16.6. The minimum absolute atomic E-state index is 0.677. The van der Waals surface area contributed by atoms with Crippen LogP contribution in [-0.2, 0) is 19.1 Å². The van der Waals surface area contributed by atoms with Gasteiger partial charge < -0.3 is 9.47 Å². The summed E-state index contributed by atoms with van der Waals surface area (Å²) in [5, 5.41) is 1.91. The molecule has 0 radical (unpaired) electrons. The first kappa shape index (κ1) is 16.4. The highest BCUT2D eigenvalue weighted by Crippen LogP contribution is 2.06. The van der Waals surface area contributed by atoms with Crippen molar-refractivity contribution in [3.8, 4) is 0 Å². The second kappa shape index (κ2) is 7.84. The van der Waals surface area contributed by atoms with Crippen LogP contribution >= 0.6 is 0 Å². The smallest absolute Gasteiger partial charge is 0.413 e. The molecule has 0 saturated heterocycles. The van der Waals surface area contributed by atoms with Crippen LogP contribution in [0.4, 0.5) is 4.79 Å². The molecule has 0 aromatic heterocycles. The highest BCUT2D eigenvalue weighted by Gasteiger charge is 2.18. The SMILES string of the molecule is COC(=O)NC(=O)[C@H](C)OC(=O)/C=C/c1cccc(C)c1. The Bertz CT molecular complexity index is 565. The van der Waals surface area contributed by atoms with Crippen LogP contribution in [-0.4, -0.2) is 31.2 Å². The predicted octanol–water partition coefficient (Wildman–Crippen LogP) is 1.82. The molecule has 0 unspecified atom stereocenters. The fraction of sp³-hybridized carbons (Fsp3) is 0.267. The number of esters is 1. The lowest BCUT2D eigenvalue weighted by molar-refractivity contribution is -0.149. The summed E-state index contributed by atoms with van der Waals surface area (Å²) in [5.74, 6) is -1.43. The van der Waals surface area contributed by atoms with Crippen LogP contribution in [0.1, 0.15) is 18.1 Å². The van der Waals surface area contributed by atoms with Crippen molar-refractivity contribution in [2.75, 3.05) is 7.11 Å². The van der Waals surface area contributed by atoms with Crippen molar-refractivity contribution in [2.24, 2.45) is 0 Å². The van der Waals surface area contributed by atoms with Crippen molar-refractivity contribution in [1.82, 2.24) is 5.32 Å². The number of carbonyl (C=O) groups is 3. The van der Waals surface area contributed by atoms with Gasteiger partial charge in [0.15, 0.2) is 6.10 Å². The average molecular weight is 291 g/mol. The van der Waals surface area contributed by atoms with Gasteiger partial charge in [-0.15, -0.1) is 0 Å². The molecule has 0 saturated carbocycles. The first-order chi connectivity index (χ1) is 9.92. The van der Waals surface area contributed by atoms with Gasteiger partial charge in [-0.3, -0.25) is 10.1 Å². The van der Waals surface area contributed by atoms with Crippen LogP contribution < -0.4 is 5.32 Å². The van der Waals surface area contributed by atoms with E-state index in [1.807, 2.05) is 36.5 Å². The maximum Gasteiger partial charge on any atom is 0.413 e. The molecule has 0 heterocycles. The largest absolute Gasteiger partial charge is 0.453 e. The van der Waals surface area contributed by atoms with Gasteiger partial charge in [0, 0.05) is 6.08 Å². The molecule has 112 valence electrons. The van der Waals surface area contributed by atoms with Gasteiger partial charge in [0.05, 0.1) is 7.11 Å². The Hall–Kier alpha value is -2.63. The van der Waals surface area contributed by atoms with Crippen molar-refractivity contribution in [3.63, 3.8) is 0 Å². The molecule has 0 fully saturated rings. The van der Waals surface area contributed by atoms with Crippen LogP contribution in [0, 0.1) is 6.92 Å². The number of benzene rings is 1. The van der Waals surface area contributed by atoms with Gasteiger partial charge in [-0.05, 0) is 25.5 Å². The first-order valence-corrected chi connectivity index (χ1v) is 6.26. The molecule has 21 heavy (non-hydrogen) atoms. The van der Waals surface area contributed by atoms with Crippen molar-refractivity contribution < 1.29 is 23.9 Å². The van der Waals surface area contributed by atoms with E-state index in [1.165, 1.54) is 13.0 Å². The number of imide groups is 1. The fourth-order valence-corrected chi connectivity index (χ4v) is 1.46. The lowest BCUT2D eigenvalue weighted by Crippen LogP contribution is -2.39. The molecular weight excluding hydrogens is 274 g/mol. The molecule has 2 amide bonds. The number of hydrogen-bond donors (Lipinski definition) is 1. The van der Waals surface area contributed by atoms with Gasteiger partial charge in [-0.1, -0.05) is 29.8 Å². The summed E-state index contributed by atoms with van der Waals surface area (Å²) in [5.41, 5.74) is 1.91. The van der Waals surface area contributed by atoms with Crippen LogP contribution in [0.25, 0.3) is 6.08 Å². The monoisotopic (exact) mass is 291 g/mol. The van der Waals surface area contributed by atoms with E-state index in [1.54, 1.807) is 6.08 Å². The second-order valence-corrected chi connectivity index (χ2v) is 4.31. The van der Waals surface area contributed by atoms with Crippen molar-refractivity contribution >= 4 is 24.0 Å². The van der Waals surface area contributed by atoms with Crippen molar-refractivity contribution in [3.05, 3.63) is 41.5 Å². The summed E-state index contributed by atoms with van der Waals surface area (Å²) in [7, 11) is 1.13. The average Bonchev–Trinajstić information content (AvgIpc) is 2.45. The molecule has 0 aliphatic heterocycles. The van der Waals surface area contributed by atoms with Gasteiger partial charge in [-0.25, -0.2) is 9.59 Å². The molecular formula is C15H17NO5. The minimum Gasteiger partial charge on any atom is -0.453 e. The Kier molecular flexibility index (Phi) is 6.13. The molecule has 1 aromatic carbocycles. The Morgan fingerprint density at radius 1 is 1.29 bits per heavy atom. The Morgan fingerprint density at radius 3 is 2.62 bits per heavy atom. The molecule has 6 nitrogen and oxygen atoms in total. The van der Waals surface area contributed by atoms with Crippen LogP contribution in [0.2, 0.25) is 0 Å². The van der Waals surface area contributed by atoms with E-state index in [2.05, 4.69) is 4.74 Å². The number of hydrogen-bond acceptors (Lipinski definition) is 5. The maximum absolute atomic E-state index is 11.6. The van der Waals surface area contributed by atoms with E-state index >= 15 is 0 Å². The molecule has 1 rings (SSSR count). The molecule has 1 N–H and O–H groups in total. The number of alkyl carbamates (subject to hydrolysis) is 1. The third kappa shape index (κ3) is 5.90. The Balaban J connectivity index is 2.53. The molecule has 1 aromatic rings. The van der Waals surface area contributed by atoms with Gasteiger partial charge in [0.2, 0.25) is 0 Å². The summed E-state index contributed by atoms with van der Waals surface area (Å²) >= 11 is 0. The van der Waals surface area contributed by atoms with Crippen LogP contribution in [0.15, 0.2) is 30.3 Å². The van der Waals surface area contributed by atoms with Gasteiger partial charge in [0.1, 0.15) is 0 Å². The van der Waals surface area contributed by atoms with Gasteiger partial charge in [0.25, 0.3) is 5.91 Å². The van der Waals surface area contributed by atoms with Crippen molar-refractivity contribution in [1.29, 1.82) is 0 Å².